The largest absolute Gasteiger partial charge is 0.384 e. The molecule has 0 radical (unpaired) electrons. The summed E-state index contributed by atoms with van der Waals surface area (Å²) in [5.41, 5.74) is 0. The van der Waals surface area contributed by atoms with E-state index in [1.54, 1.807) is 11.9 Å². The molecule has 1 unspecified atom stereocenters. The van der Waals surface area contributed by atoms with Crippen molar-refractivity contribution in [2.75, 3.05) is 13.6 Å². The highest BCUT2D eigenvalue weighted by molar-refractivity contribution is 5.79. The number of likely N-dealkylation sites (N-methyl/N-ethyl adjacent to an activating group) is 1. The van der Waals surface area contributed by atoms with Gasteiger partial charge in [0.05, 0.1) is 0 Å². The van der Waals surface area contributed by atoms with Crippen molar-refractivity contribution in [2.45, 2.75) is 33.3 Å². The van der Waals surface area contributed by atoms with Gasteiger partial charge in [0.25, 0.3) is 5.91 Å². The van der Waals surface area contributed by atoms with E-state index in [1.807, 2.05) is 0 Å². The van der Waals surface area contributed by atoms with Crippen LogP contribution in [0, 0.1) is 5.92 Å². The van der Waals surface area contributed by atoms with Crippen molar-refractivity contribution >= 4 is 5.91 Å². The van der Waals surface area contributed by atoms with Gasteiger partial charge in [-0.25, -0.2) is 0 Å². The lowest BCUT2D eigenvalue weighted by Crippen LogP contribution is -2.35. The molecule has 0 aromatic rings. The highest BCUT2D eigenvalue weighted by Gasteiger charge is 2.13. The Morgan fingerprint density at radius 3 is 2.25 bits per heavy atom. The fourth-order valence-electron chi connectivity index (χ4n) is 0.881. The van der Waals surface area contributed by atoms with Crippen molar-refractivity contribution in [3.8, 4) is 0 Å². The molecule has 0 aliphatic heterocycles. The average Bonchev–Trinajstić information content (AvgIpc) is 1.98. The Balaban J connectivity index is 3.72. The van der Waals surface area contributed by atoms with Crippen molar-refractivity contribution < 1.29 is 9.90 Å². The zero-order chi connectivity index (χ0) is 9.72. The number of nitrogens with zero attached hydrogens (tertiary/aromatic N) is 1. The molecule has 0 heterocycles. The summed E-state index contributed by atoms with van der Waals surface area (Å²) in [6, 6.07) is 0. The molecule has 1 amide bonds. The molecule has 3 heteroatoms. The number of aliphatic hydroxyl groups excluding tert-OH is 1. The lowest BCUT2D eigenvalue weighted by atomic mass is 10.1. The number of hydrogen-bond acceptors (Lipinski definition) is 2. The Morgan fingerprint density at radius 1 is 1.42 bits per heavy atom. The maximum Gasteiger partial charge on any atom is 0.250 e. The number of carbonyl (C=O) groups excluding carboxylic acids is 1. The third-order valence-electron chi connectivity index (χ3n) is 1.78. The minimum Gasteiger partial charge on any atom is -0.384 e. The summed E-state index contributed by atoms with van der Waals surface area (Å²) in [7, 11) is 1.72. The normalized spacial score (nSPS) is 13.2. The molecule has 0 saturated heterocycles. The summed E-state index contributed by atoms with van der Waals surface area (Å²) in [5, 5.41) is 8.97. The Bertz CT molecular complexity index is 143. The third-order valence-corrected chi connectivity index (χ3v) is 1.78. The van der Waals surface area contributed by atoms with Crippen molar-refractivity contribution in [1.82, 2.24) is 4.90 Å². The maximum atomic E-state index is 11.1. The van der Waals surface area contributed by atoms with Crippen LogP contribution in [0.2, 0.25) is 0 Å². The zero-order valence-electron chi connectivity index (χ0n) is 8.37. The van der Waals surface area contributed by atoms with Gasteiger partial charge in [-0.2, -0.15) is 0 Å². The van der Waals surface area contributed by atoms with E-state index in [-0.39, 0.29) is 5.91 Å². The molecule has 1 atom stereocenters. The number of rotatable bonds is 4. The Labute approximate surface area is 74.4 Å². The van der Waals surface area contributed by atoms with Crippen LogP contribution in [-0.2, 0) is 4.79 Å². The molecule has 0 spiro atoms. The zero-order valence-corrected chi connectivity index (χ0v) is 8.37. The molecular formula is C9H19NO2. The van der Waals surface area contributed by atoms with Crippen LogP contribution in [0.3, 0.4) is 0 Å². The maximum absolute atomic E-state index is 11.1. The Hall–Kier alpha value is -0.570. The van der Waals surface area contributed by atoms with Gasteiger partial charge in [-0.3, -0.25) is 4.79 Å². The number of hydrogen-bond donors (Lipinski definition) is 1. The number of carbonyl (C=O) groups is 1. The fourth-order valence-corrected chi connectivity index (χ4v) is 0.881. The van der Waals surface area contributed by atoms with Crippen LogP contribution in [0.25, 0.3) is 0 Å². The van der Waals surface area contributed by atoms with Crippen molar-refractivity contribution in [1.29, 1.82) is 0 Å². The van der Waals surface area contributed by atoms with E-state index in [0.717, 1.165) is 13.0 Å². The monoisotopic (exact) mass is 173 g/mol. The van der Waals surface area contributed by atoms with Gasteiger partial charge in [-0.15, -0.1) is 0 Å². The summed E-state index contributed by atoms with van der Waals surface area (Å²) in [5.74, 6) is 0.393. The van der Waals surface area contributed by atoms with E-state index in [9.17, 15) is 4.79 Å². The predicted octanol–water partition coefficient (Wildman–Crippen LogP) is 0.872. The van der Waals surface area contributed by atoms with E-state index in [4.69, 9.17) is 5.11 Å². The molecular weight excluding hydrogens is 154 g/mol. The second-order valence-corrected chi connectivity index (χ2v) is 3.62. The molecule has 0 fully saturated rings. The van der Waals surface area contributed by atoms with E-state index in [0.29, 0.717) is 5.92 Å². The van der Waals surface area contributed by atoms with Gasteiger partial charge in [0.2, 0.25) is 0 Å². The van der Waals surface area contributed by atoms with Crippen LogP contribution in [-0.4, -0.2) is 35.6 Å². The second kappa shape index (κ2) is 5.14. The van der Waals surface area contributed by atoms with Gasteiger partial charge in [0.15, 0.2) is 0 Å². The summed E-state index contributed by atoms with van der Waals surface area (Å²) in [6.07, 6.45) is 0.108. The first-order valence-corrected chi connectivity index (χ1v) is 4.38. The molecule has 1 N–H and O–H groups in total. The lowest BCUT2D eigenvalue weighted by Gasteiger charge is -2.19. The summed E-state index contributed by atoms with van der Waals surface area (Å²) in [4.78, 5) is 12.7. The number of amides is 1. The molecule has 0 rings (SSSR count). The highest BCUT2D eigenvalue weighted by atomic mass is 16.3. The van der Waals surface area contributed by atoms with Gasteiger partial charge in [0, 0.05) is 13.6 Å². The SMILES string of the molecule is CC(C)CCN(C)C(=O)C(C)O. The van der Waals surface area contributed by atoms with E-state index in [2.05, 4.69) is 13.8 Å². The number of aliphatic hydroxyl groups is 1. The molecule has 0 aromatic carbocycles. The quantitative estimate of drug-likeness (QED) is 0.685. The topological polar surface area (TPSA) is 40.5 Å². The van der Waals surface area contributed by atoms with E-state index in [1.165, 1.54) is 6.92 Å². The predicted molar refractivity (Wildman–Crippen MR) is 48.8 cm³/mol. The lowest BCUT2D eigenvalue weighted by molar-refractivity contribution is -0.138. The van der Waals surface area contributed by atoms with Crippen molar-refractivity contribution in [3.63, 3.8) is 0 Å². The Morgan fingerprint density at radius 2 is 1.92 bits per heavy atom. The minimum atomic E-state index is -0.873. The smallest absolute Gasteiger partial charge is 0.250 e. The van der Waals surface area contributed by atoms with Crippen LogP contribution < -0.4 is 0 Å². The van der Waals surface area contributed by atoms with Crippen LogP contribution in [0.1, 0.15) is 27.2 Å². The van der Waals surface area contributed by atoms with Crippen LogP contribution >= 0.6 is 0 Å². The Kier molecular flexibility index (Phi) is 4.90. The van der Waals surface area contributed by atoms with Crippen molar-refractivity contribution in [3.05, 3.63) is 0 Å². The van der Waals surface area contributed by atoms with Gasteiger partial charge >= 0.3 is 0 Å². The first kappa shape index (κ1) is 11.4. The van der Waals surface area contributed by atoms with Gasteiger partial charge in [-0.1, -0.05) is 13.8 Å². The first-order valence-electron chi connectivity index (χ1n) is 4.38. The molecule has 0 aliphatic rings. The van der Waals surface area contributed by atoms with Crippen LogP contribution in [0.4, 0.5) is 0 Å². The molecule has 0 saturated carbocycles. The molecule has 0 aliphatic carbocycles. The van der Waals surface area contributed by atoms with Gasteiger partial charge < -0.3 is 10.0 Å². The van der Waals surface area contributed by atoms with E-state index >= 15 is 0 Å². The van der Waals surface area contributed by atoms with Crippen LogP contribution in [0.5, 0.6) is 0 Å². The summed E-state index contributed by atoms with van der Waals surface area (Å²) < 4.78 is 0. The van der Waals surface area contributed by atoms with E-state index < -0.39 is 6.10 Å². The van der Waals surface area contributed by atoms with Crippen LogP contribution in [0.15, 0.2) is 0 Å². The molecule has 3 nitrogen and oxygen atoms in total. The van der Waals surface area contributed by atoms with Gasteiger partial charge in [0.1, 0.15) is 6.10 Å². The highest BCUT2D eigenvalue weighted by Crippen LogP contribution is 2.01. The summed E-state index contributed by atoms with van der Waals surface area (Å²) in [6.45, 7) is 6.44. The molecule has 0 aromatic heterocycles. The second-order valence-electron chi connectivity index (χ2n) is 3.62. The first-order chi connectivity index (χ1) is 5.45. The fraction of sp³-hybridized carbons (Fsp3) is 0.889. The summed E-state index contributed by atoms with van der Waals surface area (Å²) >= 11 is 0. The molecule has 0 bridgehead atoms. The average molecular weight is 173 g/mol. The van der Waals surface area contributed by atoms with Crippen molar-refractivity contribution in [2.24, 2.45) is 5.92 Å². The molecule has 12 heavy (non-hydrogen) atoms. The minimum absolute atomic E-state index is 0.198. The van der Waals surface area contributed by atoms with Gasteiger partial charge in [-0.05, 0) is 19.3 Å². The molecule has 72 valence electrons. The standard InChI is InChI=1S/C9H19NO2/c1-7(2)5-6-10(4)9(12)8(3)11/h7-8,11H,5-6H2,1-4H3. The third kappa shape index (κ3) is 4.34.